The molecule has 3 aromatic rings. The summed E-state index contributed by atoms with van der Waals surface area (Å²) in [6, 6.07) is 10.1. The minimum absolute atomic E-state index is 0.0973. The Morgan fingerprint density at radius 3 is 2.73 bits per heavy atom. The lowest BCUT2D eigenvalue weighted by atomic mass is 9.82. The summed E-state index contributed by atoms with van der Waals surface area (Å²) in [5.74, 6) is 0.149. The van der Waals surface area contributed by atoms with Crippen LogP contribution in [0.1, 0.15) is 58.6 Å². The predicted molar refractivity (Wildman–Crippen MR) is 141 cm³/mol. The van der Waals surface area contributed by atoms with Crippen LogP contribution in [0.2, 0.25) is 0 Å². The third-order valence-corrected chi connectivity index (χ3v) is 9.40. The number of aromatic nitrogens is 2. The summed E-state index contributed by atoms with van der Waals surface area (Å²) < 4.78 is 73.0. The SMILES string of the molecule is O=C1N[C@@]2(CCc3cc(OCC(F)(F)F)ccc32)Cc2nn(CCC3CC3)c(CNS(=O)(=O)c3cccc(O)c3)c21. The number of amides is 1. The number of alkyl halides is 3. The van der Waals surface area contributed by atoms with Crippen LogP contribution in [0.4, 0.5) is 13.2 Å². The minimum atomic E-state index is -4.44. The van der Waals surface area contributed by atoms with Crippen molar-refractivity contribution in [1.29, 1.82) is 0 Å². The number of benzene rings is 2. The lowest BCUT2D eigenvalue weighted by molar-refractivity contribution is -0.153. The van der Waals surface area contributed by atoms with E-state index in [1.165, 1.54) is 24.3 Å². The third-order valence-electron chi connectivity index (χ3n) is 8.00. The number of phenols is 1. The molecule has 6 rings (SSSR count). The van der Waals surface area contributed by atoms with Gasteiger partial charge in [0.15, 0.2) is 6.61 Å². The van der Waals surface area contributed by atoms with Crippen molar-refractivity contribution in [3.05, 3.63) is 70.5 Å². The second kappa shape index (κ2) is 10.1. The molecule has 0 radical (unpaired) electrons. The van der Waals surface area contributed by atoms with E-state index in [0.29, 0.717) is 48.7 Å². The van der Waals surface area contributed by atoms with Gasteiger partial charge in [0.2, 0.25) is 10.0 Å². The average molecular weight is 591 g/mol. The number of nitrogens with zero attached hydrogens (tertiary/aromatic N) is 2. The first-order chi connectivity index (χ1) is 19.4. The number of halogens is 3. The molecule has 1 spiro atoms. The Balaban J connectivity index is 1.28. The first-order valence-corrected chi connectivity index (χ1v) is 14.9. The number of aromatic hydroxyl groups is 1. The van der Waals surface area contributed by atoms with Crippen LogP contribution in [0.5, 0.6) is 11.5 Å². The van der Waals surface area contributed by atoms with Crippen molar-refractivity contribution in [3.63, 3.8) is 0 Å². The molecule has 1 atom stereocenters. The minimum Gasteiger partial charge on any atom is -0.508 e. The van der Waals surface area contributed by atoms with Crippen LogP contribution >= 0.6 is 0 Å². The standard InChI is InChI=1S/C28H29F3N4O5S/c29-28(30,31)16-40-20-6-7-22-18(12-20)8-10-27(22)14-23-25(26(37)33-27)24(35(34-23)11-9-17-4-5-17)15-32-41(38,39)21-3-1-2-19(36)13-21/h1-3,6-7,12-13,17,32,36H,4-5,8-11,14-16H2,(H,33,37)/t27-/m0/s1. The van der Waals surface area contributed by atoms with Crippen LogP contribution < -0.4 is 14.8 Å². The Hall–Kier alpha value is -3.58. The Labute approximate surface area is 234 Å². The normalized spacial score (nSPS) is 20.1. The van der Waals surface area contributed by atoms with Gasteiger partial charge in [-0.25, -0.2) is 13.1 Å². The molecule has 1 aromatic heterocycles. The van der Waals surface area contributed by atoms with Crippen LogP contribution in [0.3, 0.4) is 0 Å². The molecule has 2 aromatic carbocycles. The van der Waals surface area contributed by atoms with E-state index in [4.69, 9.17) is 9.84 Å². The lowest BCUT2D eigenvalue weighted by Gasteiger charge is -2.35. The molecule has 1 aliphatic heterocycles. The number of fused-ring (bicyclic) bond motifs is 3. The summed E-state index contributed by atoms with van der Waals surface area (Å²) >= 11 is 0. The molecular formula is C28H29F3N4O5S. The maximum Gasteiger partial charge on any atom is 0.422 e. The summed E-state index contributed by atoms with van der Waals surface area (Å²) in [6.45, 7) is -1.01. The van der Waals surface area contributed by atoms with Gasteiger partial charge in [0.05, 0.1) is 33.9 Å². The lowest BCUT2D eigenvalue weighted by Crippen LogP contribution is -2.50. The van der Waals surface area contributed by atoms with E-state index in [2.05, 4.69) is 10.0 Å². The van der Waals surface area contributed by atoms with Crippen LogP contribution in [0, 0.1) is 5.92 Å². The Kier molecular flexibility index (Phi) is 6.76. The van der Waals surface area contributed by atoms with Crippen molar-refractivity contribution < 1.29 is 36.2 Å². The van der Waals surface area contributed by atoms with Gasteiger partial charge in [-0.3, -0.25) is 9.48 Å². The van der Waals surface area contributed by atoms with E-state index < -0.39 is 28.3 Å². The fraction of sp³-hybridized carbons (Fsp3) is 0.429. The number of hydrogen-bond acceptors (Lipinski definition) is 6. The van der Waals surface area contributed by atoms with Crippen LogP contribution in [-0.2, 0) is 41.5 Å². The number of sulfonamides is 1. The number of rotatable bonds is 9. The zero-order chi connectivity index (χ0) is 29.0. The molecule has 218 valence electrons. The third kappa shape index (κ3) is 5.65. The van der Waals surface area contributed by atoms with Gasteiger partial charge in [-0.2, -0.15) is 18.3 Å². The van der Waals surface area contributed by atoms with Gasteiger partial charge in [-0.05, 0) is 66.6 Å². The topological polar surface area (TPSA) is 123 Å². The van der Waals surface area contributed by atoms with Crippen molar-refractivity contribution in [2.75, 3.05) is 6.61 Å². The zero-order valence-electron chi connectivity index (χ0n) is 22.0. The number of carbonyl (C=O) groups is 1. The van der Waals surface area contributed by atoms with E-state index in [-0.39, 0.29) is 28.8 Å². The van der Waals surface area contributed by atoms with Crippen molar-refractivity contribution in [2.24, 2.45) is 5.92 Å². The predicted octanol–water partition coefficient (Wildman–Crippen LogP) is 3.94. The van der Waals surface area contributed by atoms with Crippen LogP contribution in [0.25, 0.3) is 0 Å². The molecule has 13 heteroatoms. The number of carbonyl (C=O) groups excluding carboxylic acids is 1. The number of nitrogens with one attached hydrogen (secondary N) is 2. The van der Waals surface area contributed by atoms with Gasteiger partial charge in [0, 0.05) is 13.0 Å². The molecule has 0 unspecified atom stereocenters. The summed E-state index contributed by atoms with van der Waals surface area (Å²) in [6.07, 6.45) is 0.152. The molecule has 2 heterocycles. The first-order valence-electron chi connectivity index (χ1n) is 13.5. The zero-order valence-corrected chi connectivity index (χ0v) is 22.8. The highest BCUT2D eigenvalue weighted by molar-refractivity contribution is 7.89. The Morgan fingerprint density at radius 1 is 1.20 bits per heavy atom. The fourth-order valence-corrected chi connectivity index (χ4v) is 6.84. The van der Waals surface area contributed by atoms with Crippen molar-refractivity contribution in [1.82, 2.24) is 19.8 Å². The van der Waals surface area contributed by atoms with Gasteiger partial charge in [0.25, 0.3) is 5.91 Å². The monoisotopic (exact) mass is 590 g/mol. The highest BCUT2D eigenvalue weighted by Gasteiger charge is 2.46. The van der Waals surface area contributed by atoms with E-state index in [1.54, 1.807) is 16.8 Å². The van der Waals surface area contributed by atoms with E-state index >= 15 is 0 Å². The largest absolute Gasteiger partial charge is 0.508 e. The second-order valence-electron chi connectivity index (χ2n) is 11.0. The summed E-state index contributed by atoms with van der Waals surface area (Å²) in [5.41, 5.74) is 2.21. The molecule has 9 nitrogen and oxygen atoms in total. The van der Waals surface area contributed by atoms with Gasteiger partial charge in [-0.15, -0.1) is 0 Å². The summed E-state index contributed by atoms with van der Waals surface area (Å²) in [7, 11) is -3.98. The fourth-order valence-electron chi connectivity index (χ4n) is 5.82. The van der Waals surface area contributed by atoms with E-state index in [1.807, 2.05) is 0 Å². The summed E-state index contributed by atoms with van der Waals surface area (Å²) in [5, 5.41) is 17.6. The van der Waals surface area contributed by atoms with Gasteiger partial charge in [0.1, 0.15) is 11.5 Å². The van der Waals surface area contributed by atoms with Crippen molar-refractivity contribution in [3.8, 4) is 11.5 Å². The Bertz CT molecular complexity index is 1620. The molecule has 0 bridgehead atoms. The Morgan fingerprint density at radius 2 is 2.00 bits per heavy atom. The number of aryl methyl sites for hydroxylation is 2. The highest BCUT2D eigenvalue weighted by Crippen LogP contribution is 2.44. The average Bonchev–Trinajstić information content (AvgIpc) is 3.59. The van der Waals surface area contributed by atoms with Crippen LogP contribution in [-0.4, -0.2) is 42.0 Å². The van der Waals surface area contributed by atoms with Crippen molar-refractivity contribution >= 4 is 15.9 Å². The van der Waals surface area contributed by atoms with Gasteiger partial charge < -0.3 is 15.2 Å². The maximum atomic E-state index is 13.6. The van der Waals surface area contributed by atoms with Crippen LogP contribution in [0.15, 0.2) is 47.4 Å². The number of hydrogen-bond donors (Lipinski definition) is 3. The molecule has 2 aliphatic carbocycles. The molecule has 3 aliphatic rings. The molecule has 41 heavy (non-hydrogen) atoms. The number of phenolic OH excluding ortho intramolecular Hbond substituents is 1. The molecule has 0 saturated heterocycles. The number of ether oxygens (including phenoxy) is 1. The molecular weight excluding hydrogens is 561 g/mol. The molecule has 3 N–H and O–H groups in total. The van der Waals surface area contributed by atoms with Gasteiger partial charge >= 0.3 is 6.18 Å². The second-order valence-corrected chi connectivity index (χ2v) is 12.7. The van der Waals surface area contributed by atoms with E-state index in [0.717, 1.165) is 36.5 Å². The molecule has 1 fully saturated rings. The summed E-state index contributed by atoms with van der Waals surface area (Å²) in [4.78, 5) is 13.5. The first kappa shape index (κ1) is 27.6. The van der Waals surface area contributed by atoms with Gasteiger partial charge in [-0.1, -0.05) is 25.0 Å². The molecule has 1 saturated carbocycles. The molecule has 1 amide bonds. The maximum absolute atomic E-state index is 13.6. The quantitative estimate of drug-likeness (QED) is 0.347. The van der Waals surface area contributed by atoms with E-state index in [9.17, 15) is 31.5 Å². The van der Waals surface area contributed by atoms with Crippen molar-refractivity contribution in [2.45, 2.75) is 68.2 Å². The highest BCUT2D eigenvalue weighted by atomic mass is 32.2. The smallest absolute Gasteiger partial charge is 0.422 e.